The second-order valence-corrected chi connectivity index (χ2v) is 5.08. The van der Waals surface area contributed by atoms with Gasteiger partial charge in [0.05, 0.1) is 5.52 Å². The number of aromatic nitrogens is 1. The number of nitrogens with zero attached hydrogens (tertiary/aromatic N) is 1. The van der Waals surface area contributed by atoms with Crippen LogP contribution in [0, 0.1) is 0 Å². The van der Waals surface area contributed by atoms with Crippen molar-refractivity contribution < 1.29 is 0 Å². The first-order chi connectivity index (χ1) is 7.52. The van der Waals surface area contributed by atoms with Gasteiger partial charge in [-0.25, -0.2) is 4.98 Å². The summed E-state index contributed by atoms with van der Waals surface area (Å²) in [4.78, 5) is 4.65. The van der Waals surface area contributed by atoms with Gasteiger partial charge in [0.15, 0.2) is 0 Å². The summed E-state index contributed by atoms with van der Waals surface area (Å²) in [6.45, 7) is 6.62. The van der Waals surface area contributed by atoms with Gasteiger partial charge in [-0.15, -0.1) is 0 Å². The molecule has 1 aromatic carbocycles. The first kappa shape index (κ1) is 10.9. The van der Waals surface area contributed by atoms with Gasteiger partial charge >= 0.3 is 0 Å². The molecule has 0 spiro atoms. The fourth-order valence-electron chi connectivity index (χ4n) is 1.88. The minimum absolute atomic E-state index is 0.107. The van der Waals surface area contributed by atoms with Crippen molar-refractivity contribution in [3.8, 4) is 0 Å². The van der Waals surface area contributed by atoms with Crippen molar-refractivity contribution in [1.29, 1.82) is 0 Å². The average molecular weight is 214 g/mol. The van der Waals surface area contributed by atoms with Gasteiger partial charge < -0.3 is 5.32 Å². The summed E-state index contributed by atoms with van der Waals surface area (Å²) in [5, 5.41) is 4.38. The highest BCUT2D eigenvalue weighted by atomic mass is 15.0. The van der Waals surface area contributed by atoms with Crippen LogP contribution in [0.15, 0.2) is 30.3 Å². The van der Waals surface area contributed by atoms with E-state index in [-0.39, 0.29) is 5.41 Å². The summed E-state index contributed by atoms with van der Waals surface area (Å²) < 4.78 is 0. The van der Waals surface area contributed by atoms with Crippen LogP contribution in [0.2, 0.25) is 0 Å². The topological polar surface area (TPSA) is 24.9 Å². The molecule has 0 aliphatic rings. The Morgan fingerprint density at radius 3 is 2.44 bits per heavy atom. The van der Waals surface area contributed by atoms with Gasteiger partial charge in [-0.05, 0) is 17.5 Å². The van der Waals surface area contributed by atoms with Crippen LogP contribution in [0.1, 0.15) is 26.3 Å². The number of rotatable bonds is 1. The van der Waals surface area contributed by atoms with Crippen LogP contribution in [0.4, 0.5) is 5.82 Å². The van der Waals surface area contributed by atoms with Crippen LogP contribution in [0.3, 0.4) is 0 Å². The van der Waals surface area contributed by atoms with Crippen molar-refractivity contribution in [2.45, 2.75) is 26.2 Å². The number of pyridine rings is 1. The molecule has 0 aliphatic carbocycles. The molecule has 1 N–H and O–H groups in total. The molecule has 0 unspecified atom stereocenters. The number of benzene rings is 1. The van der Waals surface area contributed by atoms with Crippen LogP contribution >= 0.6 is 0 Å². The van der Waals surface area contributed by atoms with E-state index in [4.69, 9.17) is 0 Å². The third kappa shape index (κ3) is 1.87. The fourth-order valence-corrected chi connectivity index (χ4v) is 1.88. The molecule has 2 aromatic rings. The van der Waals surface area contributed by atoms with Crippen molar-refractivity contribution in [2.24, 2.45) is 0 Å². The predicted octanol–water partition coefficient (Wildman–Crippen LogP) is 3.57. The lowest BCUT2D eigenvalue weighted by Gasteiger charge is -2.22. The van der Waals surface area contributed by atoms with E-state index >= 15 is 0 Å². The third-order valence-corrected chi connectivity index (χ3v) is 2.77. The molecular formula is C14H18N2. The predicted molar refractivity (Wildman–Crippen MR) is 70.0 cm³/mol. The standard InChI is InChI=1S/C14H18N2/c1-14(2,3)11-9-10-7-5-6-8-12(10)16-13(11)15-4/h5-9H,1-4H3,(H,15,16). The largest absolute Gasteiger partial charge is 0.373 e. The van der Waals surface area contributed by atoms with E-state index < -0.39 is 0 Å². The lowest BCUT2D eigenvalue weighted by molar-refractivity contribution is 0.591. The quantitative estimate of drug-likeness (QED) is 0.785. The molecular weight excluding hydrogens is 196 g/mol. The molecule has 0 saturated carbocycles. The third-order valence-electron chi connectivity index (χ3n) is 2.77. The average Bonchev–Trinajstić information content (AvgIpc) is 2.26. The van der Waals surface area contributed by atoms with Gasteiger partial charge in [0, 0.05) is 18.0 Å². The van der Waals surface area contributed by atoms with Crippen molar-refractivity contribution >= 4 is 16.7 Å². The van der Waals surface area contributed by atoms with E-state index in [2.05, 4.69) is 49.3 Å². The van der Waals surface area contributed by atoms with Gasteiger partial charge in [-0.3, -0.25) is 0 Å². The SMILES string of the molecule is CNc1nc2ccccc2cc1C(C)(C)C. The van der Waals surface area contributed by atoms with Crippen LogP contribution in [-0.2, 0) is 5.41 Å². The zero-order chi connectivity index (χ0) is 11.8. The zero-order valence-corrected chi connectivity index (χ0v) is 10.3. The molecule has 0 aliphatic heterocycles. The Labute approximate surface area is 96.7 Å². The molecule has 2 heteroatoms. The summed E-state index contributed by atoms with van der Waals surface area (Å²) in [6, 6.07) is 10.5. The molecule has 0 bridgehead atoms. The molecule has 2 nitrogen and oxygen atoms in total. The molecule has 1 heterocycles. The van der Waals surface area contributed by atoms with Gasteiger partial charge in [0.2, 0.25) is 0 Å². The molecule has 16 heavy (non-hydrogen) atoms. The van der Waals surface area contributed by atoms with Gasteiger partial charge in [-0.2, -0.15) is 0 Å². The number of fused-ring (bicyclic) bond motifs is 1. The fraction of sp³-hybridized carbons (Fsp3) is 0.357. The maximum absolute atomic E-state index is 4.65. The smallest absolute Gasteiger partial charge is 0.130 e. The Morgan fingerprint density at radius 2 is 1.81 bits per heavy atom. The minimum Gasteiger partial charge on any atom is -0.373 e. The maximum Gasteiger partial charge on any atom is 0.130 e. The van der Waals surface area contributed by atoms with Crippen LogP contribution in [-0.4, -0.2) is 12.0 Å². The molecule has 2 rings (SSSR count). The molecule has 1 aromatic heterocycles. The number of hydrogen-bond donors (Lipinski definition) is 1. The van der Waals surface area contributed by atoms with Crippen LogP contribution in [0.5, 0.6) is 0 Å². The lowest BCUT2D eigenvalue weighted by atomic mass is 9.86. The summed E-state index contributed by atoms with van der Waals surface area (Å²) in [5.74, 6) is 0.978. The van der Waals surface area contributed by atoms with Gasteiger partial charge in [0.1, 0.15) is 5.82 Å². The van der Waals surface area contributed by atoms with Gasteiger partial charge in [0.25, 0.3) is 0 Å². The van der Waals surface area contributed by atoms with E-state index in [1.54, 1.807) is 0 Å². The Balaban J connectivity index is 2.73. The van der Waals surface area contributed by atoms with Gasteiger partial charge in [-0.1, -0.05) is 39.0 Å². The van der Waals surface area contributed by atoms with Crippen molar-refractivity contribution in [3.63, 3.8) is 0 Å². The number of hydrogen-bond acceptors (Lipinski definition) is 2. The van der Waals surface area contributed by atoms with Crippen LogP contribution in [0.25, 0.3) is 10.9 Å². The maximum atomic E-state index is 4.65. The molecule has 0 radical (unpaired) electrons. The zero-order valence-electron chi connectivity index (χ0n) is 10.3. The highest BCUT2D eigenvalue weighted by molar-refractivity contribution is 5.82. The molecule has 0 atom stereocenters. The Hall–Kier alpha value is -1.57. The second-order valence-electron chi connectivity index (χ2n) is 5.08. The Kier molecular flexibility index (Phi) is 2.58. The van der Waals surface area contributed by atoms with Crippen molar-refractivity contribution in [1.82, 2.24) is 4.98 Å². The second kappa shape index (κ2) is 3.78. The van der Waals surface area contributed by atoms with Crippen LogP contribution < -0.4 is 5.32 Å². The van der Waals surface area contributed by atoms with Crippen molar-refractivity contribution in [2.75, 3.05) is 12.4 Å². The first-order valence-electron chi connectivity index (χ1n) is 5.60. The molecule has 0 amide bonds. The molecule has 0 fully saturated rings. The van der Waals surface area contributed by atoms with E-state index in [0.717, 1.165) is 11.3 Å². The van der Waals surface area contributed by atoms with E-state index in [1.807, 2.05) is 19.2 Å². The normalized spacial score (nSPS) is 11.8. The van der Waals surface area contributed by atoms with E-state index in [9.17, 15) is 0 Å². The summed E-state index contributed by atoms with van der Waals surface area (Å²) in [6.07, 6.45) is 0. The number of anilines is 1. The Bertz CT molecular complexity index is 510. The Morgan fingerprint density at radius 1 is 1.12 bits per heavy atom. The minimum atomic E-state index is 0.107. The highest BCUT2D eigenvalue weighted by Crippen LogP contribution is 2.30. The first-order valence-corrected chi connectivity index (χ1v) is 5.60. The lowest BCUT2D eigenvalue weighted by Crippen LogP contribution is -2.15. The monoisotopic (exact) mass is 214 g/mol. The number of nitrogens with one attached hydrogen (secondary N) is 1. The summed E-state index contributed by atoms with van der Waals surface area (Å²) in [5.41, 5.74) is 2.41. The number of para-hydroxylation sites is 1. The van der Waals surface area contributed by atoms with Crippen molar-refractivity contribution in [3.05, 3.63) is 35.9 Å². The summed E-state index contributed by atoms with van der Waals surface area (Å²) >= 11 is 0. The van der Waals surface area contributed by atoms with E-state index in [1.165, 1.54) is 10.9 Å². The molecule has 84 valence electrons. The summed E-state index contributed by atoms with van der Waals surface area (Å²) in [7, 11) is 1.92. The molecule has 0 saturated heterocycles. The van der Waals surface area contributed by atoms with E-state index in [0.29, 0.717) is 0 Å². The highest BCUT2D eigenvalue weighted by Gasteiger charge is 2.19.